The number of nitrogens with zero attached hydrogens (tertiary/aromatic N) is 1. The van der Waals surface area contributed by atoms with Crippen LogP contribution in [0.4, 0.5) is 0 Å². The molecule has 1 aromatic heterocycles. The van der Waals surface area contributed by atoms with Crippen molar-refractivity contribution in [3.63, 3.8) is 0 Å². The van der Waals surface area contributed by atoms with E-state index in [-0.39, 0.29) is 0 Å². The molecule has 5 heteroatoms. The Morgan fingerprint density at radius 1 is 1.00 bits per heavy atom. The number of benzene rings is 2. The zero-order valence-electron chi connectivity index (χ0n) is 12.1. The first-order valence-corrected chi connectivity index (χ1v) is 7.60. The summed E-state index contributed by atoms with van der Waals surface area (Å²) in [6.45, 7) is 1.07. The summed E-state index contributed by atoms with van der Waals surface area (Å²) < 4.78 is 11.1. The van der Waals surface area contributed by atoms with E-state index in [1.54, 1.807) is 6.07 Å². The van der Waals surface area contributed by atoms with Crippen molar-refractivity contribution in [2.75, 3.05) is 13.2 Å². The molecule has 0 radical (unpaired) electrons. The molecule has 1 aliphatic rings. The van der Waals surface area contributed by atoms with E-state index in [4.69, 9.17) is 21.1 Å². The smallest absolute Gasteiger partial charge is 0.253 e. The highest BCUT2D eigenvalue weighted by atomic mass is 35.5. The quantitative estimate of drug-likeness (QED) is 0.667. The highest BCUT2D eigenvalue weighted by Gasteiger charge is 2.15. The molecule has 23 heavy (non-hydrogen) atoms. The van der Waals surface area contributed by atoms with Gasteiger partial charge in [0.1, 0.15) is 13.2 Å². The second-order valence-corrected chi connectivity index (χ2v) is 5.55. The second-order valence-electron chi connectivity index (χ2n) is 5.20. The fourth-order valence-corrected chi connectivity index (χ4v) is 2.84. The minimum absolute atomic E-state index is 0.446. The van der Waals surface area contributed by atoms with Crippen molar-refractivity contribution in [2.24, 2.45) is 0 Å². The number of rotatable bonds is 2. The van der Waals surface area contributed by atoms with E-state index in [1.807, 2.05) is 42.5 Å². The number of hydrogen-bond acceptors (Lipinski definition) is 4. The summed E-state index contributed by atoms with van der Waals surface area (Å²) in [7, 11) is 0. The lowest BCUT2D eigenvalue weighted by Gasteiger charge is -2.19. The number of carbonyl (C=O) groups excluding carboxylic acids is 1. The SMILES string of the molecule is O=C(Cl)c1cc(-c2ccc3c(c2)OCCO3)nc2ccccc12. The highest BCUT2D eigenvalue weighted by molar-refractivity contribution is 6.68. The summed E-state index contributed by atoms with van der Waals surface area (Å²) in [4.78, 5) is 16.4. The van der Waals surface area contributed by atoms with Crippen molar-refractivity contribution in [3.05, 3.63) is 54.1 Å². The van der Waals surface area contributed by atoms with Crippen LogP contribution in [0, 0.1) is 0 Å². The van der Waals surface area contributed by atoms with Crippen LogP contribution in [-0.2, 0) is 0 Å². The lowest BCUT2D eigenvalue weighted by atomic mass is 10.0. The van der Waals surface area contributed by atoms with Crippen LogP contribution in [0.3, 0.4) is 0 Å². The first-order chi connectivity index (χ1) is 11.2. The molecule has 2 heterocycles. The Kier molecular flexibility index (Phi) is 3.39. The van der Waals surface area contributed by atoms with Gasteiger partial charge in [-0.15, -0.1) is 0 Å². The number of aromatic nitrogens is 1. The van der Waals surface area contributed by atoms with Crippen LogP contribution < -0.4 is 9.47 Å². The summed E-state index contributed by atoms with van der Waals surface area (Å²) in [6.07, 6.45) is 0. The lowest BCUT2D eigenvalue weighted by Crippen LogP contribution is -2.15. The normalized spacial score (nSPS) is 13.1. The van der Waals surface area contributed by atoms with Crippen LogP contribution in [0.2, 0.25) is 0 Å². The van der Waals surface area contributed by atoms with Crippen molar-refractivity contribution in [2.45, 2.75) is 0 Å². The zero-order valence-corrected chi connectivity index (χ0v) is 12.8. The van der Waals surface area contributed by atoms with Gasteiger partial charge in [0.2, 0.25) is 0 Å². The van der Waals surface area contributed by atoms with E-state index in [9.17, 15) is 4.79 Å². The molecular weight excluding hydrogens is 314 g/mol. The summed E-state index contributed by atoms with van der Waals surface area (Å²) in [5.41, 5.74) is 2.69. The van der Waals surface area contributed by atoms with E-state index in [2.05, 4.69) is 4.98 Å². The Bertz CT molecular complexity index is 923. The van der Waals surface area contributed by atoms with Crippen LogP contribution in [0.25, 0.3) is 22.2 Å². The molecule has 0 saturated heterocycles. The molecule has 0 amide bonds. The van der Waals surface area contributed by atoms with Crippen molar-refractivity contribution in [1.29, 1.82) is 0 Å². The van der Waals surface area contributed by atoms with Crippen LogP contribution in [-0.4, -0.2) is 23.4 Å². The average molecular weight is 326 g/mol. The third kappa shape index (κ3) is 2.51. The van der Waals surface area contributed by atoms with Gasteiger partial charge in [0.05, 0.1) is 11.2 Å². The van der Waals surface area contributed by atoms with Gasteiger partial charge in [-0.2, -0.15) is 0 Å². The molecule has 3 aromatic rings. The van der Waals surface area contributed by atoms with Gasteiger partial charge in [-0.1, -0.05) is 18.2 Å². The molecule has 0 aliphatic carbocycles. The summed E-state index contributed by atoms with van der Waals surface area (Å²) in [5.74, 6) is 1.40. The average Bonchev–Trinajstić information content (AvgIpc) is 2.60. The van der Waals surface area contributed by atoms with E-state index in [1.165, 1.54) is 0 Å². The van der Waals surface area contributed by atoms with Gasteiger partial charge in [-0.3, -0.25) is 4.79 Å². The van der Waals surface area contributed by atoms with Crippen molar-refractivity contribution in [1.82, 2.24) is 4.98 Å². The van der Waals surface area contributed by atoms with E-state index in [0.29, 0.717) is 30.2 Å². The largest absolute Gasteiger partial charge is 0.486 e. The molecule has 1 aliphatic heterocycles. The first kappa shape index (κ1) is 14.0. The van der Waals surface area contributed by atoms with Crippen molar-refractivity contribution in [3.8, 4) is 22.8 Å². The molecule has 2 aromatic carbocycles. The van der Waals surface area contributed by atoms with E-state index >= 15 is 0 Å². The molecular formula is C18H12ClNO3. The fraction of sp³-hybridized carbons (Fsp3) is 0.111. The van der Waals surface area contributed by atoms with Gasteiger partial charge in [0, 0.05) is 16.5 Å². The van der Waals surface area contributed by atoms with Crippen LogP contribution >= 0.6 is 11.6 Å². The molecule has 0 N–H and O–H groups in total. The van der Waals surface area contributed by atoms with E-state index in [0.717, 1.165) is 22.2 Å². The molecule has 4 rings (SSSR count). The molecule has 0 saturated carbocycles. The number of fused-ring (bicyclic) bond motifs is 2. The minimum Gasteiger partial charge on any atom is -0.486 e. The van der Waals surface area contributed by atoms with Gasteiger partial charge < -0.3 is 9.47 Å². The molecule has 4 nitrogen and oxygen atoms in total. The Labute approximate surface area is 137 Å². The predicted molar refractivity (Wildman–Crippen MR) is 88.4 cm³/mol. The van der Waals surface area contributed by atoms with Gasteiger partial charge in [-0.25, -0.2) is 4.98 Å². The Balaban J connectivity index is 1.90. The zero-order chi connectivity index (χ0) is 15.8. The summed E-state index contributed by atoms with van der Waals surface area (Å²) in [5, 5.41) is 0.246. The monoisotopic (exact) mass is 325 g/mol. The number of carbonyl (C=O) groups is 1. The number of hydrogen-bond donors (Lipinski definition) is 0. The van der Waals surface area contributed by atoms with Crippen LogP contribution in [0.1, 0.15) is 10.4 Å². The molecule has 0 spiro atoms. The molecule has 0 atom stereocenters. The van der Waals surface area contributed by atoms with Gasteiger partial charge >= 0.3 is 0 Å². The standard InChI is InChI=1S/C18H12ClNO3/c19-18(21)13-10-15(20-14-4-2-1-3-12(13)14)11-5-6-16-17(9-11)23-8-7-22-16/h1-6,9-10H,7-8H2. The van der Waals surface area contributed by atoms with Gasteiger partial charge in [0.15, 0.2) is 11.5 Å². The molecule has 0 fully saturated rings. The third-order valence-corrected chi connectivity index (χ3v) is 3.97. The first-order valence-electron chi connectivity index (χ1n) is 7.22. The maximum absolute atomic E-state index is 11.8. The lowest BCUT2D eigenvalue weighted by molar-refractivity contribution is 0.108. The van der Waals surface area contributed by atoms with Crippen molar-refractivity contribution < 1.29 is 14.3 Å². The second kappa shape index (κ2) is 5.56. The number of halogens is 1. The van der Waals surface area contributed by atoms with E-state index < -0.39 is 5.24 Å². The fourth-order valence-electron chi connectivity index (χ4n) is 2.69. The topological polar surface area (TPSA) is 48.4 Å². The molecule has 0 bridgehead atoms. The van der Waals surface area contributed by atoms with Gasteiger partial charge in [0.25, 0.3) is 5.24 Å². The minimum atomic E-state index is -0.498. The number of pyridine rings is 1. The summed E-state index contributed by atoms with van der Waals surface area (Å²) >= 11 is 5.75. The highest BCUT2D eigenvalue weighted by Crippen LogP contribution is 2.35. The predicted octanol–water partition coefficient (Wildman–Crippen LogP) is 4.05. The number of para-hydroxylation sites is 1. The van der Waals surface area contributed by atoms with Crippen molar-refractivity contribution >= 4 is 27.7 Å². The Morgan fingerprint density at radius 2 is 1.78 bits per heavy atom. The number of ether oxygens (including phenoxy) is 2. The maximum atomic E-state index is 11.8. The molecule has 0 unspecified atom stereocenters. The summed E-state index contributed by atoms with van der Waals surface area (Å²) in [6, 6.07) is 14.8. The third-order valence-electron chi connectivity index (χ3n) is 3.77. The Hall–Kier alpha value is -2.59. The van der Waals surface area contributed by atoms with Gasteiger partial charge in [-0.05, 0) is 41.9 Å². The van der Waals surface area contributed by atoms with Crippen LogP contribution in [0.5, 0.6) is 11.5 Å². The maximum Gasteiger partial charge on any atom is 0.253 e. The molecule has 114 valence electrons. The van der Waals surface area contributed by atoms with Crippen LogP contribution in [0.15, 0.2) is 48.5 Å². The Morgan fingerprint density at radius 3 is 2.61 bits per heavy atom.